The molecule has 0 bridgehead atoms. The number of aromatic nitrogens is 2. The van der Waals surface area contributed by atoms with E-state index in [0.717, 1.165) is 33.9 Å². The number of imidazole rings is 1. The van der Waals surface area contributed by atoms with Crippen LogP contribution in [0.15, 0.2) is 77.7 Å². The number of benzene rings is 3. The van der Waals surface area contributed by atoms with E-state index in [9.17, 15) is 4.79 Å². The summed E-state index contributed by atoms with van der Waals surface area (Å²) in [7, 11) is 0. The van der Waals surface area contributed by atoms with Gasteiger partial charge in [0.05, 0.1) is 11.0 Å². The molecule has 4 nitrogen and oxygen atoms in total. The molecule has 0 saturated carbocycles. The van der Waals surface area contributed by atoms with Crippen LogP contribution in [0.5, 0.6) is 0 Å². The zero-order valence-electron chi connectivity index (χ0n) is 14.9. The van der Waals surface area contributed by atoms with Crippen LogP contribution in [-0.2, 0) is 0 Å². The molecule has 134 valence electrons. The Morgan fingerprint density at radius 1 is 1.00 bits per heavy atom. The molecule has 0 radical (unpaired) electrons. The Labute approximate surface area is 162 Å². The minimum atomic E-state index is -0.112. The van der Waals surface area contributed by atoms with Crippen molar-refractivity contribution in [2.45, 2.75) is 11.8 Å². The van der Waals surface area contributed by atoms with Crippen LogP contribution in [-0.4, -0.2) is 21.6 Å². The van der Waals surface area contributed by atoms with Gasteiger partial charge in [-0.3, -0.25) is 4.79 Å². The highest BCUT2D eigenvalue weighted by Gasteiger charge is 2.08. The van der Waals surface area contributed by atoms with Crippen molar-refractivity contribution in [1.82, 2.24) is 9.97 Å². The maximum absolute atomic E-state index is 12.4. The van der Waals surface area contributed by atoms with E-state index in [1.54, 1.807) is 11.8 Å². The molecule has 0 spiro atoms. The molecule has 1 heterocycles. The number of para-hydroxylation sites is 2. The van der Waals surface area contributed by atoms with Crippen LogP contribution >= 0.6 is 11.8 Å². The van der Waals surface area contributed by atoms with Crippen molar-refractivity contribution in [3.8, 4) is 11.4 Å². The number of carbonyl (C=O) groups excluding carboxylic acids is 1. The highest BCUT2D eigenvalue weighted by Crippen LogP contribution is 2.23. The van der Waals surface area contributed by atoms with Gasteiger partial charge in [0.15, 0.2) is 0 Å². The predicted octanol–water partition coefficient (Wildman–Crippen LogP) is 5.59. The second-order valence-electron chi connectivity index (χ2n) is 6.09. The Hall–Kier alpha value is -3.05. The summed E-state index contributed by atoms with van der Waals surface area (Å²) in [5, 5.41) is 2.94. The summed E-state index contributed by atoms with van der Waals surface area (Å²) in [6, 6.07) is 23.3. The molecule has 5 heteroatoms. The Balaban J connectivity index is 1.47. The van der Waals surface area contributed by atoms with Gasteiger partial charge in [-0.1, -0.05) is 19.1 Å². The van der Waals surface area contributed by atoms with Gasteiger partial charge in [-0.15, -0.1) is 11.8 Å². The fourth-order valence-corrected chi connectivity index (χ4v) is 3.54. The van der Waals surface area contributed by atoms with Crippen molar-refractivity contribution in [1.29, 1.82) is 0 Å². The molecule has 0 aliphatic rings. The smallest absolute Gasteiger partial charge is 0.255 e. The Kier molecular flexibility index (Phi) is 4.94. The van der Waals surface area contributed by atoms with Gasteiger partial charge in [0.25, 0.3) is 5.91 Å². The maximum Gasteiger partial charge on any atom is 0.255 e. The number of aromatic amines is 1. The standard InChI is InChI=1S/C22H19N3OS/c1-2-27-18-13-9-16(10-14-18)22(26)23-17-11-7-15(8-12-17)21-24-19-5-3-4-6-20(19)25-21/h3-14H,2H2,1H3,(H,23,26)(H,24,25). The van der Waals surface area contributed by atoms with E-state index in [1.165, 1.54) is 4.90 Å². The fraction of sp³-hybridized carbons (Fsp3) is 0.0909. The highest BCUT2D eigenvalue weighted by atomic mass is 32.2. The minimum absolute atomic E-state index is 0.112. The van der Waals surface area contributed by atoms with Crippen LogP contribution in [0.4, 0.5) is 5.69 Å². The Bertz CT molecular complexity index is 1040. The Morgan fingerprint density at radius 3 is 2.44 bits per heavy atom. The van der Waals surface area contributed by atoms with Gasteiger partial charge >= 0.3 is 0 Å². The number of rotatable bonds is 5. The van der Waals surface area contributed by atoms with Crippen LogP contribution in [0.25, 0.3) is 22.4 Å². The Morgan fingerprint density at radius 2 is 1.74 bits per heavy atom. The molecular weight excluding hydrogens is 354 g/mol. The average Bonchev–Trinajstić information content (AvgIpc) is 3.13. The van der Waals surface area contributed by atoms with Gasteiger partial charge in [-0.05, 0) is 66.4 Å². The first-order valence-corrected chi connectivity index (χ1v) is 9.81. The third kappa shape index (κ3) is 3.88. The second kappa shape index (κ2) is 7.68. The first-order chi connectivity index (χ1) is 13.2. The predicted molar refractivity (Wildman–Crippen MR) is 112 cm³/mol. The highest BCUT2D eigenvalue weighted by molar-refractivity contribution is 7.99. The lowest BCUT2D eigenvalue weighted by Crippen LogP contribution is -2.11. The summed E-state index contributed by atoms with van der Waals surface area (Å²) in [5.74, 6) is 1.72. The lowest BCUT2D eigenvalue weighted by Gasteiger charge is -2.07. The van der Waals surface area contributed by atoms with E-state index in [4.69, 9.17) is 0 Å². The largest absolute Gasteiger partial charge is 0.338 e. The van der Waals surface area contributed by atoms with Crippen molar-refractivity contribution >= 4 is 34.4 Å². The van der Waals surface area contributed by atoms with Gasteiger partial charge in [0.2, 0.25) is 0 Å². The maximum atomic E-state index is 12.4. The quantitative estimate of drug-likeness (QED) is 0.448. The van der Waals surface area contributed by atoms with Crippen molar-refractivity contribution in [2.75, 3.05) is 11.1 Å². The van der Waals surface area contributed by atoms with Gasteiger partial charge in [-0.25, -0.2) is 4.98 Å². The zero-order chi connectivity index (χ0) is 18.6. The molecule has 2 N–H and O–H groups in total. The van der Waals surface area contributed by atoms with E-state index < -0.39 is 0 Å². The molecule has 0 unspecified atom stereocenters. The van der Waals surface area contributed by atoms with Gasteiger partial charge in [0, 0.05) is 21.7 Å². The summed E-state index contributed by atoms with van der Waals surface area (Å²) in [6.45, 7) is 2.11. The molecular formula is C22H19N3OS. The minimum Gasteiger partial charge on any atom is -0.338 e. The van der Waals surface area contributed by atoms with E-state index in [1.807, 2.05) is 72.8 Å². The van der Waals surface area contributed by atoms with Crippen LogP contribution in [0.3, 0.4) is 0 Å². The molecule has 27 heavy (non-hydrogen) atoms. The molecule has 1 aromatic heterocycles. The van der Waals surface area contributed by atoms with Crippen molar-refractivity contribution < 1.29 is 4.79 Å². The number of amides is 1. The third-order valence-corrected chi connectivity index (χ3v) is 5.13. The number of hydrogen-bond acceptors (Lipinski definition) is 3. The normalized spacial score (nSPS) is 10.9. The number of hydrogen-bond donors (Lipinski definition) is 2. The van der Waals surface area contributed by atoms with Crippen LogP contribution in [0.1, 0.15) is 17.3 Å². The van der Waals surface area contributed by atoms with Crippen LogP contribution in [0, 0.1) is 0 Å². The topological polar surface area (TPSA) is 57.8 Å². The van der Waals surface area contributed by atoms with Gasteiger partial charge in [0.1, 0.15) is 5.82 Å². The van der Waals surface area contributed by atoms with Gasteiger partial charge in [-0.2, -0.15) is 0 Å². The van der Waals surface area contributed by atoms with E-state index in [2.05, 4.69) is 22.2 Å². The number of carbonyl (C=O) groups is 1. The number of fused-ring (bicyclic) bond motifs is 1. The first-order valence-electron chi connectivity index (χ1n) is 8.82. The lowest BCUT2D eigenvalue weighted by molar-refractivity contribution is 0.102. The summed E-state index contributed by atoms with van der Waals surface area (Å²) in [6.07, 6.45) is 0. The molecule has 0 atom stereocenters. The van der Waals surface area contributed by atoms with Crippen molar-refractivity contribution in [3.05, 3.63) is 78.4 Å². The summed E-state index contributed by atoms with van der Waals surface area (Å²) in [4.78, 5) is 21.5. The van der Waals surface area contributed by atoms with Crippen LogP contribution in [0.2, 0.25) is 0 Å². The molecule has 0 fully saturated rings. The molecule has 3 aromatic carbocycles. The number of thioether (sulfide) groups is 1. The second-order valence-corrected chi connectivity index (χ2v) is 7.43. The number of H-pyrrole nitrogens is 1. The number of nitrogens with zero attached hydrogens (tertiary/aromatic N) is 1. The molecule has 4 aromatic rings. The van der Waals surface area contributed by atoms with Crippen LogP contribution < -0.4 is 5.32 Å². The number of nitrogens with one attached hydrogen (secondary N) is 2. The zero-order valence-corrected chi connectivity index (χ0v) is 15.7. The average molecular weight is 373 g/mol. The molecule has 0 aliphatic heterocycles. The number of anilines is 1. The van der Waals surface area contributed by atoms with E-state index in [0.29, 0.717) is 5.56 Å². The molecule has 0 aliphatic carbocycles. The van der Waals surface area contributed by atoms with E-state index >= 15 is 0 Å². The summed E-state index contributed by atoms with van der Waals surface area (Å²) >= 11 is 1.76. The SMILES string of the molecule is CCSc1ccc(C(=O)Nc2ccc(-c3nc4ccccc4[nH]3)cc2)cc1. The monoisotopic (exact) mass is 373 g/mol. The fourth-order valence-electron chi connectivity index (χ4n) is 2.87. The van der Waals surface area contributed by atoms with Crippen molar-refractivity contribution in [3.63, 3.8) is 0 Å². The molecule has 1 amide bonds. The first kappa shape index (κ1) is 17.4. The summed E-state index contributed by atoms with van der Waals surface area (Å²) in [5.41, 5.74) is 4.33. The van der Waals surface area contributed by atoms with Gasteiger partial charge < -0.3 is 10.3 Å². The molecule has 4 rings (SSSR count). The lowest BCUT2D eigenvalue weighted by atomic mass is 10.1. The summed E-state index contributed by atoms with van der Waals surface area (Å²) < 4.78 is 0. The third-order valence-electron chi connectivity index (χ3n) is 4.23. The van der Waals surface area contributed by atoms with Crippen molar-refractivity contribution in [2.24, 2.45) is 0 Å². The van der Waals surface area contributed by atoms with E-state index in [-0.39, 0.29) is 5.91 Å². The molecule has 0 saturated heterocycles.